The first-order chi connectivity index (χ1) is 3.39. The molecular formula is C6H13P. The van der Waals surface area contributed by atoms with E-state index < -0.39 is 0 Å². The molecule has 2 atom stereocenters. The van der Waals surface area contributed by atoms with Crippen LogP contribution < -0.4 is 0 Å². The van der Waals surface area contributed by atoms with Crippen LogP contribution in [0.25, 0.3) is 0 Å². The minimum Gasteiger partial charge on any atom is -0.119 e. The van der Waals surface area contributed by atoms with E-state index in [9.17, 15) is 0 Å². The van der Waals surface area contributed by atoms with E-state index >= 15 is 0 Å². The molecule has 42 valence electrons. The molecule has 0 N–H and O–H groups in total. The highest BCUT2D eigenvalue weighted by molar-refractivity contribution is 7.38. The largest absolute Gasteiger partial charge is 0.119 e. The molecule has 0 amide bonds. The minimum atomic E-state index is 1.06. The second-order valence-electron chi connectivity index (χ2n) is 2.35. The topological polar surface area (TPSA) is 0 Å². The summed E-state index contributed by atoms with van der Waals surface area (Å²) in [5.41, 5.74) is 1.06. The Morgan fingerprint density at radius 1 is 1.43 bits per heavy atom. The third-order valence-electron chi connectivity index (χ3n) is 1.56. The molecule has 1 aliphatic heterocycles. The van der Waals surface area contributed by atoms with E-state index in [4.69, 9.17) is 0 Å². The van der Waals surface area contributed by atoms with Gasteiger partial charge in [0.2, 0.25) is 0 Å². The quantitative estimate of drug-likeness (QED) is 0.426. The van der Waals surface area contributed by atoms with Crippen LogP contribution in [0, 0.1) is 0 Å². The lowest BCUT2D eigenvalue weighted by atomic mass is 10.2. The number of hydrogen-bond acceptors (Lipinski definition) is 0. The Kier molecular flexibility index (Phi) is 2.12. The van der Waals surface area contributed by atoms with Gasteiger partial charge in [0.1, 0.15) is 0 Å². The molecule has 1 rings (SSSR count). The second kappa shape index (κ2) is 2.67. The maximum absolute atomic E-state index is 2.37. The molecule has 0 radical (unpaired) electrons. The van der Waals surface area contributed by atoms with Crippen LogP contribution >= 0.6 is 8.58 Å². The first-order valence-electron chi connectivity index (χ1n) is 3.13. The van der Waals surface area contributed by atoms with E-state index in [1.807, 2.05) is 0 Å². The van der Waals surface area contributed by atoms with Crippen molar-refractivity contribution in [1.82, 2.24) is 0 Å². The van der Waals surface area contributed by atoms with E-state index in [1.165, 1.54) is 34.0 Å². The molecule has 1 saturated heterocycles. The summed E-state index contributed by atoms with van der Waals surface area (Å²) in [7, 11) is 1.28. The van der Waals surface area contributed by atoms with Gasteiger partial charge in [-0.25, -0.2) is 0 Å². The van der Waals surface area contributed by atoms with E-state index in [0.717, 1.165) is 5.66 Å². The van der Waals surface area contributed by atoms with Crippen LogP contribution in [0.3, 0.4) is 0 Å². The van der Waals surface area contributed by atoms with E-state index in [1.54, 1.807) is 0 Å². The van der Waals surface area contributed by atoms with Crippen LogP contribution in [0.5, 0.6) is 0 Å². The fourth-order valence-electron chi connectivity index (χ4n) is 1.03. The predicted octanol–water partition coefficient (Wildman–Crippen LogP) is 2.24. The Morgan fingerprint density at radius 2 is 2.29 bits per heavy atom. The third-order valence-corrected chi connectivity index (χ3v) is 3.18. The summed E-state index contributed by atoms with van der Waals surface area (Å²) in [5, 5.41) is 0. The maximum Gasteiger partial charge on any atom is -0.0265 e. The lowest BCUT2D eigenvalue weighted by Crippen LogP contribution is -2.00. The molecule has 0 aliphatic carbocycles. The smallest absolute Gasteiger partial charge is 0.0265 e. The molecule has 0 bridgehead atoms. The van der Waals surface area contributed by atoms with Crippen molar-refractivity contribution in [2.24, 2.45) is 0 Å². The lowest BCUT2D eigenvalue weighted by Gasteiger charge is -2.15. The SMILES string of the molecule is C[C@H]1CCCCP1. The second-order valence-corrected chi connectivity index (χ2v) is 4.24. The molecule has 0 aromatic heterocycles. The standard InChI is InChI=1S/C6H13P/c1-6-4-2-3-5-7-6/h6-7H,2-5H2,1H3/t6-/m0/s1. The highest BCUT2D eigenvalue weighted by atomic mass is 31.1. The van der Waals surface area contributed by atoms with Crippen LogP contribution in [0.2, 0.25) is 0 Å². The van der Waals surface area contributed by atoms with Gasteiger partial charge in [0.25, 0.3) is 0 Å². The molecule has 1 unspecified atom stereocenters. The normalized spacial score (nSPS) is 36.4. The van der Waals surface area contributed by atoms with Gasteiger partial charge in [-0.2, -0.15) is 0 Å². The highest BCUT2D eigenvalue weighted by Crippen LogP contribution is 2.29. The van der Waals surface area contributed by atoms with E-state index in [2.05, 4.69) is 6.92 Å². The predicted molar refractivity (Wildman–Crippen MR) is 36.5 cm³/mol. The first kappa shape index (κ1) is 5.56. The van der Waals surface area contributed by atoms with E-state index in [0.29, 0.717) is 0 Å². The van der Waals surface area contributed by atoms with Gasteiger partial charge in [-0.1, -0.05) is 13.3 Å². The summed E-state index contributed by atoms with van der Waals surface area (Å²) in [6.45, 7) is 2.37. The maximum atomic E-state index is 2.37. The molecule has 0 aromatic rings. The van der Waals surface area contributed by atoms with Gasteiger partial charge < -0.3 is 0 Å². The molecule has 0 saturated carbocycles. The van der Waals surface area contributed by atoms with Gasteiger partial charge in [0, 0.05) is 0 Å². The summed E-state index contributed by atoms with van der Waals surface area (Å²) in [6.07, 6.45) is 6.01. The summed E-state index contributed by atoms with van der Waals surface area (Å²) < 4.78 is 0. The first-order valence-corrected chi connectivity index (χ1v) is 4.41. The van der Waals surface area contributed by atoms with Gasteiger partial charge in [-0.3, -0.25) is 0 Å². The van der Waals surface area contributed by atoms with Gasteiger partial charge >= 0.3 is 0 Å². The lowest BCUT2D eigenvalue weighted by molar-refractivity contribution is 0.686. The zero-order chi connectivity index (χ0) is 5.11. The van der Waals surface area contributed by atoms with E-state index in [-0.39, 0.29) is 0 Å². The Labute approximate surface area is 47.5 Å². The highest BCUT2D eigenvalue weighted by Gasteiger charge is 2.05. The van der Waals surface area contributed by atoms with Crippen LogP contribution in [0.1, 0.15) is 26.2 Å². The van der Waals surface area contributed by atoms with Crippen molar-refractivity contribution < 1.29 is 0 Å². The van der Waals surface area contributed by atoms with Gasteiger partial charge in [-0.15, -0.1) is 8.58 Å². The molecule has 7 heavy (non-hydrogen) atoms. The van der Waals surface area contributed by atoms with Crippen molar-refractivity contribution in [2.45, 2.75) is 31.8 Å². The van der Waals surface area contributed by atoms with Crippen molar-refractivity contribution >= 4 is 8.58 Å². The van der Waals surface area contributed by atoms with Crippen molar-refractivity contribution in [3.63, 3.8) is 0 Å². The zero-order valence-electron chi connectivity index (χ0n) is 4.91. The zero-order valence-corrected chi connectivity index (χ0v) is 5.91. The Balaban J connectivity index is 2.12. The molecular weight excluding hydrogens is 103 g/mol. The molecule has 1 heteroatoms. The molecule has 1 fully saturated rings. The fourth-order valence-corrected chi connectivity index (χ4v) is 2.38. The van der Waals surface area contributed by atoms with Crippen molar-refractivity contribution in [1.29, 1.82) is 0 Å². The molecule has 1 heterocycles. The molecule has 1 aliphatic rings. The van der Waals surface area contributed by atoms with Gasteiger partial charge in [0.05, 0.1) is 0 Å². The summed E-state index contributed by atoms with van der Waals surface area (Å²) in [5.74, 6) is 0. The van der Waals surface area contributed by atoms with Crippen LogP contribution in [0.15, 0.2) is 0 Å². The summed E-state index contributed by atoms with van der Waals surface area (Å²) in [4.78, 5) is 0. The average molecular weight is 116 g/mol. The minimum absolute atomic E-state index is 1.06. The van der Waals surface area contributed by atoms with Crippen molar-refractivity contribution in [2.75, 3.05) is 6.16 Å². The van der Waals surface area contributed by atoms with Gasteiger partial charge in [-0.05, 0) is 24.7 Å². The summed E-state index contributed by atoms with van der Waals surface area (Å²) in [6, 6.07) is 0. The Hall–Kier alpha value is 0.430. The third kappa shape index (κ3) is 1.78. The van der Waals surface area contributed by atoms with Crippen molar-refractivity contribution in [3.05, 3.63) is 0 Å². The Morgan fingerprint density at radius 3 is 2.57 bits per heavy atom. The average Bonchev–Trinajstić information content (AvgIpc) is 1.69. The molecule has 0 spiro atoms. The Bertz CT molecular complexity index is 46.1. The van der Waals surface area contributed by atoms with Crippen LogP contribution in [-0.2, 0) is 0 Å². The van der Waals surface area contributed by atoms with Crippen molar-refractivity contribution in [3.8, 4) is 0 Å². The fraction of sp³-hybridized carbons (Fsp3) is 1.00. The van der Waals surface area contributed by atoms with Crippen LogP contribution in [0.4, 0.5) is 0 Å². The summed E-state index contributed by atoms with van der Waals surface area (Å²) >= 11 is 0. The van der Waals surface area contributed by atoms with Crippen LogP contribution in [-0.4, -0.2) is 11.8 Å². The molecule has 0 nitrogen and oxygen atoms in total. The monoisotopic (exact) mass is 116 g/mol. The number of rotatable bonds is 0. The number of hydrogen-bond donors (Lipinski definition) is 0. The molecule has 0 aromatic carbocycles. The van der Waals surface area contributed by atoms with Gasteiger partial charge in [0.15, 0.2) is 0 Å².